The Kier molecular flexibility index (Phi) is 53.0. The summed E-state index contributed by atoms with van der Waals surface area (Å²) in [6.07, 6.45) is 77.4. The summed E-state index contributed by atoms with van der Waals surface area (Å²) < 4.78 is 34.5. The van der Waals surface area contributed by atoms with Crippen molar-refractivity contribution in [3.63, 3.8) is 0 Å². The second-order valence-electron chi connectivity index (χ2n) is 21.0. The molecule has 0 heterocycles. The Morgan fingerprint density at radius 3 is 1.13 bits per heavy atom. The average molecular weight is 1070 g/mol. The van der Waals surface area contributed by atoms with E-state index >= 15 is 0 Å². The Balaban J connectivity index is 4.04. The first kappa shape index (κ1) is 71.7. The number of hydrogen-bond donors (Lipinski definition) is 1. The van der Waals surface area contributed by atoms with Gasteiger partial charge < -0.3 is 18.9 Å². The van der Waals surface area contributed by atoms with Gasteiger partial charge in [-0.2, -0.15) is 0 Å². The average Bonchev–Trinajstić information content (AvgIpc) is 3.37. The number of esters is 2. The number of quaternary nitrogens is 1. The molecule has 9 nitrogen and oxygen atoms in total. The second kappa shape index (κ2) is 55.4. The fraction of sp³-hybridized carbons (Fsp3) is 0.692. The number of phosphoric ester groups is 1. The van der Waals surface area contributed by atoms with E-state index in [1.54, 1.807) is 0 Å². The molecule has 1 N–H and O–H groups in total. The molecule has 0 amide bonds. The van der Waals surface area contributed by atoms with Crippen molar-refractivity contribution in [1.82, 2.24) is 0 Å². The fourth-order valence-electron chi connectivity index (χ4n) is 7.89. The zero-order valence-electron chi connectivity index (χ0n) is 48.7. The molecule has 2 atom stereocenters. The molecule has 0 rings (SSSR count). The highest BCUT2D eigenvalue weighted by Gasteiger charge is 2.27. The maximum absolute atomic E-state index is 12.8. The Morgan fingerprint density at radius 2 is 0.760 bits per heavy atom. The van der Waals surface area contributed by atoms with E-state index in [2.05, 4.69) is 123 Å². The fourth-order valence-corrected chi connectivity index (χ4v) is 8.64. The van der Waals surface area contributed by atoms with Crippen molar-refractivity contribution in [1.29, 1.82) is 0 Å². The topological polar surface area (TPSA) is 108 Å². The molecule has 0 aromatic rings. The van der Waals surface area contributed by atoms with Crippen molar-refractivity contribution in [2.45, 2.75) is 245 Å². The molecule has 0 saturated heterocycles. The van der Waals surface area contributed by atoms with Gasteiger partial charge in [-0.25, -0.2) is 4.57 Å². The van der Waals surface area contributed by atoms with E-state index < -0.39 is 26.5 Å². The first-order chi connectivity index (χ1) is 36.5. The van der Waals surface area contributed by atoms with Crippen molar-refractivity contribution < 1.29 is 42.1 Å². The lowest BCUT2D eigenvalue weighted by atomic mass is 10.0. The van der Waals surface area contributed by atoms with Gasteiger partial charge in [0.1, 0.15) is 19.8 Å². The molecule has 0 bridgehead atoms. The van der Waals surface area contributed by atoms with Crippen molar-refractivity contribution in [2.75, 3.05) is 47.5 Å². The van der Waals surface area contributed by atoms with Gasteiger partial charge in [0.25, 0.3) is 0 Å². The third-order valence-electron chi connectivity index (χ3n) is 12.5. The lowest BCUT2D eigenvalue weighted by Gasteiger charge is -2.24. The highest BCUT2D eigenvalue weighted by molar-refractivity contribution is 7.47. The van der Waals surface area contributed by atoms with Crippen LogP contribution in [0.25, 0.3) is 0 Å². The summed E-state index contributed by atoms with van der Waals surface area (Å²) in [6.45, 7) is 4.26. The molecular formula is C65H113NO8P+. The molecule has 0 spiro atoms. The molecule has 0 fully saturated rings. The molecule has 75 heavy (non-hydrogen) atoms. The molecule has 0 aliphatic carbocycles. The molecule has 0 aliphatic heterocycles. The van der Waals surface area contributed by atoms with Gasteiger partial charge in [0.05, 0.1) is 27.7 Å². The van der Waals surface area contributed by atoms with Crippen LogP contribution in [0.3, 0.4) is 0 Å². The zero-order chi connectivity index (χ0) is 54.9. The van der Waals surface area contributed by atoms with Crippen LogP contribution in [0.15, 0.2) is 109 Å². The number of carbonyl (C=O) groups excluding carboxylic acids is 2. The zero-order valence-corrected chi connectivity index (χ0v) is 49.6. The van der Waals surface area contributed by atoms with Crippen LogP contribution in [0, 0.1) is 0 Å². The summed E-state index contributed by atoms with van der Waals surface area (Å²) >= 11 is 0. The van der Waals surface area contributed by atoms with E-state index in [0.717, 1.165) is 116 Å². The lowest BCUT2D eigenvalue weighted by molar-refractivity contribution is -0.870. The molecule has 0 aromatic carbocycles. The second-order valence-corrected chi connectivity index (χ2v) is 22.5. The minimum atomic E-state index is -4.39. The van der Waals surface area contributed by atoms with Gasteiger partial charge in [-0.3, -0.25) is 18.6 Å². The van der Waals surface area contributed by atoms with E-state index in [1.165, 1.54) is 89.9 Å². The first-order valence-electron chi connectivity index (χ1n) is 30.1. The number of allylic oxidation sites excluding steroid dienone is 18. The Labute approximate surface area is 461 Å². The van der Waals surface area contributed by atoms with E-state index in [9.17, 15) is 19.0 Å². The van der Waals surface area contributed by atoms with Gasteiger partial charge in [0.15, 0.2) is 6.10 Å². The number of rotatable bonds is 54. The maximum atomic E-state index is 12.8. The van der Waals surface area contributed by atoms with Gasteiger partial charge >= 0.3 is 19.8 Å². The highest BCUT2D eigenvalue weighted by atomic mass is 31.2. The molecule has 0 aromatic heterocycles. The third kappa shape index (κ3) is 59.8. The quantitative estimate of drug-likeness (QED) is 0.0211. The standard InChI is InChI=1S/C65H112NO8P/c1-6-8-10-12-14-16-18-20-22-23-24-25-26-27-28-29-30-31-32-33-34-35-36-37-38-39-40-41-42-43-44-46-48-50-52-54-56-58-65(68)74-63(62-73-75(69,70)72-60-59-66(3,4)5)61-71-64(67)57-55-53-51-49-47-45-21-19-17-15-13-11-9-7-2/h8,10,13-16,19-22,24-25,27-28,30-31,33-34,63H,6-7,9,11-12,17-18,23,26,29,32,35-62H2,1-5H3/p+1/b10-8-,15-13-,16-14-,21-19-,22-20-,25-24-,28-27-,31-30-,34-33-. The number of carbonyl (C=O) groups is 2. The monoisotopic (exact) mass is 1070 g/mol. The van der Waals surface area contributed by atoms with Gasteiger partial charge in [-0.15, -0.1) is 0 Å². The molecular weight excluding hydrogens is 954 g/mol. The largest absolute Gasteiger partial charge is 0.472 e. The summed E-state index contributed by atoms with van der Waals surface area (Å²) in [7, 11) is 1.46. The number of likely N-dealkylation sites (N-methyl/N-ethyl adjacent to an activating group) is 1. The van der Waals surface area contributed by atoms with Crippen LogP contribution in [0.1, 0.15) is 239 Å². The van der Waals surface area contributed by atoms with Crippen LogP contribution in [0.4, 0.5) is 0 Å². The maximum Gasteiger partial charge on any atom is 0.472 e. The summed E-state index contributed by atoms with van der Waals surface area (Å²) in [5.74, 6) is -0.816. The van der Waals surface area contributed by atoms with Gasteiger partial charge in [0, 0.05) is 12.8 Å². The van der Waals surface area contributed by atoms with E-state index in [-0.39, 0.29) is 32.0 Å². The Hall–Kier alpha value is -3.33. The van der Waals surface area contributed by atoms with Gasteiger partial charge in [-0.1, -0.05) is 239 Å². The number of ether oxygens (including phenoxy) is 2. The van der Waals surface area contributed by atoms with E-state index in [0.29, 0.717) is 17.4 Å². The molecule has 0 aliphatic rings. The number of hydrogen-bond acceptors (Lipinski definition) is 7. The molecule has 0 radical (unpaired) electrons. The minimum absolute atomic E-state index is 0.0256. The lowest BCUT2D eigenvalue weighted by Crippen LogP contribution is -2.37. The summed E-state index contributed by atoms with van der Waals surface area (Å²) in [6, 6.07) is 0. The minimum Gasteiger partial charge on any atom is -0.462 e. The van der Waals surface area contributed by atoms with Gasteiger partial charge in [-0.05, 0) is 96.3 Å². The summed E-state index contributed by atoms with van der Waals surface area (Å²) in [5.41, 5.74) is 0. The van der Waals surface area contributed by atoms with Crippen molar-refractivity contribution in [3.05, 3.63) is 109 Å². The molecule has 10 heteroatoms. The van der Waals surface area contributed by atoms with Crippen molar-refractivity contribution in [2.24, 2.45) is 0 Å². The molecule has 2 unspecified atom stereocenters. The normalized spacial score (nSPS) is 14.1. The summed E-state index contributed by atoms with van der Waals surface area (Å²) in [5, 5.41) is 0. The first-order valence-corrected chi connectivity index (χ1v) is 31.6. The Morgan fingerprint density at radius 1 is 0.427 bits per heavy atom. The number of phosphoric acid groups is 1. The predicted octanol–water partition coefficient (Wildman–Crippen LogP) is 19.0. The van der Waals surface area contributed by atoms with Crippen LogP contribution in [-0.4, -0.2) is 74.9 Å². The molecule has 430 valence electrons. The van der Waals surface area contributed by atoms with E-state index in [1.807, 2.05) is 21.1 Å². The summed E-state index contributed by atoms with van der Waals surface area (Å²) in [4.78, 5) is 35.6. The number of nitrogens with zero attached hydrogens (tertiary/aromatic N) is 1. The number of unbranched alkanes of at least 4 members (excludes halogenated alkanes) is 22. The van der Waals surface area contributed by atoms with Gasteiger partial charge in [0.2, 0.25) is 0 Å². The highest BCUT2D eigenvalue weighted by Crippen LogP contribution is 2.43. The Bertz CT molecular complexity index is 1630. The van der Waals surface area contributed by atoms with Crippen molar-refractivity contribution in [3.8, 4) is 0 Å². The van der Waals surface area contributed by atoms with Crippen LogP contribution >= 0.6 is 7.82 Å². The van der Waals surface area contributed by atoms with E-state index in [4.69, 9.17) is 18.5 Å². The SMILES string of the molecule is CC/C=C\C/C=C\C/C=C\C/C=C\C/C=C\C/C=C\C/C=C\CCCCCCCCCCCCCCCCCC(=O)OC(COC(=O)CCCCCCC/C=C\C/C=C\CCCC)COP(=O)(O)OCC[N+](C)(C)C. The molecule has 0 saturated carbocycles. The van der Waals surface area contributed by atoms with Crippen molar-refractivity contribution >= 4 is 19.8 Å². The predicted molar refractivity (Wildman–Crippen MR) is 321 cm³/mol. The van der Waals surface area contributed by atoms with Crippen LogP contribution < -0.4 is 0 Å². The van der Waals surface area contributed by atoms with Crippen LogP contribution in [-0.2, 0) is 32.7 Å². The van der Waals surface area contributed by atoms with Crippen LogP contribution in [0.5, 0.6) is 0 Å². The smallest absolute Gasteiger partial charge is 0.462 e. The third-order valence-corrected chi connectivity index (χ3v) is 13.5. The van der Waals surface area contributed by atoms with Crippen LogP contribution in [0.2, 0.25) is 0 Å².